The Morgan fingerprint density at radius 1 is 0.632 bits per heavy atom. The van der Waals surface area contributed by atoms with Crippen LogP contribution in [0, 0.1) is 0 Å². The van der Waals surface area contributed by atoms with Crippen molar-refractivity contribution in [2.75, 3.05) is 22.1 Å². The first kappa shape index (κ1) is 19.4. The van der Waals surface area contributed by atoms with Gasteiger partial charge in [0, 0.05) is 0 Å². The monoisotopic (exact) mass is 496 g/mol. The summed E-state index contributed by atoms with van der Waals surface area (Å²) >= 11 is 4.01. The highest BCUT2D eigenvalue weighted by Gasteiger charge is 1.99. The predicted molar refractivity (Wildman–Crippen MR) is 92.0 cm³/mol. The number of esters is 2. The number of ether oxygens (including phenoxy) is 2. The molecule has 0 bridgehead atoms. The van der Waals surface area contributed by atoms with Crippen LogP contribution in [0.1, 0.15) is 44.9 Å². The van der Waals surface area contributed by atoms with Gasteiger partial charge in [0.15, 0.2) is 0 Å². The lowest BCUT2D eigenvalue weighted by molar-refractivity contribution is -0.141. The van der Waals surface area contributed by atoms with E-state index in [4.69, 9.17) is 9.47 Å². The molecule has 0 aliphatic heterocycles. The summed E-state index contributed by atoms with van der Waals surface area (Å²) in [7, 11) is 0. The Bertz CT molecular complexity index is 223. The Morgan fingerprint density at radius 2 is 0.947 bits per heavy atom. The summed E-state index contributed by atoms with van der Waals surface area (Å²) in [5, 5.41) is 0. The van der Waals surface area contributed by atoms with Crippen LogP contribution < -0.4 is 0 Å². The Labute approximate surface area is 142 Å². The molecule has 0 aliphatic rings. The second-order valence-electron chi connectivity index (χ2n) is 4.18. The molecule has 6 heteroatoms. The second kappa shape index (κ2) is 14.8. The first-order valence-electron chi connectivity index (χ1n) is 6.64. The maximum atomic E-state index is 10.9. The standard InChI is InChI=1S/C13H22I2O4/c14-10-12(16)18-8-6-4-2-1-3-5-7-9-19-13(17)11-15/h1-11H2. The molecule has 0 unspecified atom stereocenters. The molecule has 0 saturated carbocycles. The Hall–Kier alpha value is 0.400. The smallest absolute Gasteiger partial charge is 0.315 e. The van der Waals surface area contributed by atoms with Crippen LogP contribution in [0.5, 0.6) is 0 Å². The minimum atomic E-state index is -0.123. The number of hydrogen-bond acceptors (Lipinski definition) is 4. The molecule has 0 saturated heterocycles. The van der Waals surface area contributed by atoms with E-state index in [1.165, 1.54) is 19.3 Å². The molecule has 0 aromatic heterocycles. The Morgan fingerprint density at radius 3 is 1.26 bits per heavy atom. The topological polar surface area (TPSA) is 52.6 Å². The van der Waals surface area contributed by atoms with Crippen LogP contribution in [-0.2, 0) is 19.1 Å². The molecule has 19 heavy (non-hydrogen) atoms. The van der Waals surface area contributed by atoms with E-state index in [0.29, 0.717) is 22.1 Å². The molecule has 0 N–H and O–H groups in total. The molecular weight excluding hydrogens is 474 g/mol. The SMILES string of the molecule is O=C(CI)OCCCCCCCCCOC(=O)CI. The highest BCUT2D eigenvalue weighted by atomic mass is 127. The van der Waals surface area contributed by atoms with Gasteiger partial charge in [0.05, 0.1) is 22.1 Å². The van der Waals surface area contributed by atoms with E-state index in [1.807, 2.05) is 45.2 Å². The van der Waals surface area contributed by atoms with Crippen molar-refractivity contribution in [3.8, 4) is 0 Å². The van der Waals surface area contributed by atoms with E-state index in [9.17, 15) is 9.59 Å². The molecule has 0 aliphatic carbocycles. The third kappa shape index (κ3) is 14.6. The number of alkyl halides is 2. The lowest BCUT2D eigenvalue weighted by atomic mass is 10.1. The van der Waals surface area contributed by atoms with Gasteiger partial charge in [-0.1, -0.05) is 77.3 Å². The van der Waals surface area contributed by atoms with Crippen molar-refractivity contribution in [1.29, 1.82) is 0 Å². The molecule has 0 radical (unpaired) electrons. The lowest BCUT2D eigenvalue weighted by Gasteiger charge is -2.04. The molecule has 0 rings (SSSR count). The molecule has 0 amide bonds. The van der Waals surface area contributed by atoms with Gasteiger partial charge in [0.25, 0.3) is 0 Å². The largest absolute Gasteiger partial charge is 0.465 e. The minimum absolute atomic E-state index is 0.123. The molecule has 0 atom stereocenters. The summed E-state index contributed by atoms with van der Waals surface area (Å²) in [5.74, 6) is -0.247. The van der Waals surface area contributed by atoms with Crippen LogP contribution in [0.4, 0.5) is 0 Å². The maximum absolute atomic E-state index is 10.9. The summed E-state index contributed by atoms with van der Waals surface area (Å²) in [6.07, 6.45) is 7.67. The fourth-order valence-electron chi connectivity index (χ4n) is 1.54. The summed E-state index contributed by atoms with van der Waals surface area (Å²) in [6, 6.07) is 0. The molecule has 0 heterocycles. The average molecular weight is 496 g/mol. The fourth-order valence-corrected chi connectivity index (χ4v) is 1.98. The van der Waals surface area contributed by atoms with E-state index in [0.717, 1.165) is 25.7 Å². The zero-order valence-corrected chi connectivity index (χ0v) is 15.5. The summed E-state index contributed by atoms with van der Waals surface area (Å²) in [4.78, 5) is 21.7. The molecule has 0 aromatic carbocycles. The van der Waals surface area contributed by atoms with Gasteiger partial charge in [-0.3, -0.25) is 9.59 Å². The molecule has 112 valence electrons. The number of carbonyl (C=O) groups is 2. The average Bonchev–Trinajstić information content (AvgIpc) is 2.43. The van der Waals surface area contributed by atoms with Gasteiger partial charge >= 0.3 is 11.9 Å². The number of carbonyl (C=O) groups excluding carboxylic acids is 2. The quantitative estimate of drug-likeness (QED) is 0.179. The van der Waals surface area contributed by atoms with Gasteiger partial charge in [-0.2, -0.15) is 0 Å². The van der Waals surface area contributed by atoms with Crippen molar-refractivity contribution in [1.82, 2.24) is 0 Å². The fraction of sp³-hybridized carbons (Fsp3) is 0.846. The number of halogens is 2. The number of hydrogen-bond donors (Lipinski definition) is 0. The van der Waals surface area contributed by atoms with Crippen LogP contribution >= 0.6 is 45.2 Å². The van der Waals surface area contributed by atoms with E-state index in [2.05, 4.69) is 0 Å². The van der Waals surface area contributed by atoms with Crippen LogP contribution in [-0.4, -0.2) is 34.0 Å². The molecule has 4 nitrogen and oxygen atoms in total. The highest BCUT2D eigenvalue weighted by molar-refractivity contribution is 14.1. The van der Waals surface area contributed by atoms with Gasteiger partial charge in [0.2, 0.25) is 0 Å². The van der Waals surface area contributed by atoms with Gasteiger partial charge < -0.3 is 9.47 Å². The van der Waals surface area contributed by atoms with Crippen LogP contribution in [0.15, 0.2) is 0 Å². The first-order valence-corrected chi connectivity index (χ1v) is 9.69. The van der Waals surface area contributed by atoms with Crippen molar-refractivity contribution >= 4 is 57.1 Å². The van der Waals surface area contributed by atoms with Gasteiger partial charge in [-0.25, -0.2) is 0 Å². The van der Waals surface area contributed by atoms with Crippen LogP contribution in [0.2, 0.25) is 0 Å². The van der Waals surface area contributed by atoms with Crippen LogP contribution in [0.3, 0.4) is 0 Å². The highest BCUT2D eigenvalue weighted by Crippen LogP contribution is 2.07. The molecule has 0 spiro atoms. The summed E-state index contributed by atoms with van der Waals surface area (Å²) in [6.45, 7) is 1.10. The van der Waals surface area contributed by atoms with E-state index >= 15 is 0 Å². The third-order valence-corrected chi connectivity index (χ3v) is 3.78. The summed E-state index contributed by atoms with van der Waals surface area (Å²) < 4.78 is 10.8. The normalized spacial score (nSPS) is 10.2. The zero-order chi connectivity index (χ0) is 14.3. The molecule has 0 fully saturated rings. The van der Waals surface area contributed by atoms with Crippen molar-refractivity contribution in [3.63, 3.8) is 0 Å². The number of unbranched alkanes of at least 4 members (excludes halogenated alkanes) is 6. The van der Waals surface area contributed by atoms with E-state index in [-0.39, 0.29) is 11.9 Å². The lowest BCUT2D eigenvalue weighted by Crippen LogP contribution is -2.06. The van der Waals surface area contributed by atoms with Crippen molar-refractivity contribution in [3.05, 3.63) is 0 Å². The van der Waals surface area contributed by atoms with Gasteiger partial charge in [-0.15, -0.1) is 0 Å². The Kier molecular flexibility index (Phi) is 15.1. The predicted octanol–water partition coefficient (Wildman–Crippen LogP) is 3.67. The maximum Gasteiger partial charge on any atom is 0.315 e. The van der Waals surface area contributed by atoms with E-state index in [1.54, 1.807) is 0 Å². The van der Waals surface area contributed by atoms with Gasteiger partial charge in [-0.05, 0) is 12.8 Å². The zero-order valence-electron chi connectivity index (χ0n) is 11.2. The summed E-state index contributed by atoms with van der Waals surface area (Å²) in [5.41, 5.74) is 0. The minimum Gasteiger partial charge on any atom is -0.465 e. The molecule has 0 aromatic rings. The molecular formula is C13H22I2O4. The van der Waals surface area contributed by atoms with Crippen molar-refractivity contribution < 1.29 is 19.1 Å². The first-order chi connectivity index (χ1) is 9.20. The second-order valence-corrected chi connectivity index (χ2v) is 5.71. The Balaban J connectivity index is 3.07. The van der Waals surface area contributed by atoms with Crippen LogP contribution in [0.25, 0.3) is 0 Å². The van der Waals surface area contributed by atoms with E-state index < -0.39 is 0 Å². The third-order valence-electron chi connectivity index (χ3n) is 2.53. The van der Waals surface area contributed by atoms with Crippen molar-refractivity contribution in [2.45, 2.75) is 44.9 Å². The van der Waals surface area contributed by atoms with Crippen molar-refractivity contribution in [2.24, 2.45) is 0 Å². The van der Waals surface area contributed by atoms with Gasteiger partial charge in [0.1, 0.15) is 0 Å². The number of rotatable bonds is 12.